The summed E-state index contributed by atoms with van der Waals surface area (Å²) in [4.78, 5) is 4.15. The van der Waals surface area contributed by atoms with Crippen LogP contribution in [0.3, 0.4) is 0 Å². The van der Waals surface area contributed by atoms with Crippen LogP contribution in [-0.2, 0) is 11.2 Å². The largest absolute Gasteiger partial charge is 0.380 e. The molecule has 96 valence electrons. The van der Waals surface area contributed by atoms with Gasteiger partial charge in [-0.1, -0.05) is 13.8 Å². The van der Waals surface area contributed by atoms with E-state index in [1.807, 2.05) is 12.3 Å². The fraction of sp³-hybridized carbons (Fsp3) is 0.583. The SMILES string of the molecule is COC(C(C)C)C(Cc1cncc(Br)c1)NN. The lowest BCUT2D eigenvalue weighted by atomic mass is 9.95. The van der Waals surface area contributed by atoms with E-state index in [1.165, 1.54) is 0 Å². The number of halogens is 1. The molecule has 1 rings (SSSR count). The van der Waals surface area contributed by atoms with E-state index in [-0.39, 0.29) is 12.1 Å². The Morgan fingerprint density at radius 2 is 2.18 bits per heavy atom. The van der Waals surface area contributed by atoms with Crippen molar-refractivity contribution in [2.75, 3.05) is 7.11 Å². The first-order chi connectivity index (χ1) is 8.08. The molecule has 5 heteroatoms. The van der Waals surface area contributed by atoms with Crippen LogP contribution in [0.15, 0.2) is 22.9 Å². The zero-order valence-corrected chi connectivity index (χ0v) is 12.1. The van der Waals surface area contributed by atoms with Gasteiger partial charge in [-0.3, -0.25) is 16.3 Å². The fourth-order valence-corrected chi connectivity index (χ4v) is 2.40. The van der Waals surface area contributed by atoms with Gasteiger partial charge >= 0.3 is 0 Å². The van der Waals surface area contributed by atoms with Crippen molar-refractivity contribution in [3.8, 4) is 0 Å². The summed E-state index contributed by atoms with van der Waals surface area (Å²) in [6, 6.07) is 2.13. The molecule has 3 N–H and O–H groups in total. The molecule has 0 bridgehead atoms. The number of methoxy groups -OCH3 is 1. The summed E-state index contributed by atoms with van der Waals surface area (Å²) < 4.78 is 6.47. The van der Waals surface area contributed by atoms with Crippen LogP contribution in [0.4, 0.5) is 0 Å². The minimum Gasteiger partial charge on any atom is -0.380 e. The summed E-state index contributed by atoms with van der Waals surface area (Å²) >= 11 is 3.41. The van der Waals surface area contributed by atoms with Crippen molar-refractivity contribution in [2.24, 2.45) is 11.8 Å². The molecular formula is C12H20BrN3O. The average Bonchev–Trinajstić information content (AvgIpc) is 2.28. The maximum Gasteiger partial charge on any atom is 0.0763 e. The van der Waals surface area contributed by atoms with Gasteiger partial charge < -0.3 is 4.74 Å². The second-order valence-electron chi connectivity index (χ2n) is 4.43. The van der Waals surface area contributed by atoms with Gasteiger partial charge in [-0.25, -0.2) is 0 Å². The summed E-state index contributed by atoms with van der Waals surface area (Å²) in [6.45, 7) is 4.25. The monoisotopic (exact) mass is 301 g/mol. The number of nitrogens with two attached hydrogens (primary N) is 1. The number of nitrogens with one attached hydrogen (secondary N) is 1. The number of ether oxygens (including phenoxy) is 1. The second-order valence-corrected chi connectivity index (χ2v) is 5.35. The number of hydrogen-bond acceptors (Lipinski definition) is 4. The molecule has 0 radical (unpaired) electrons. The molecule has 1 heterocycles. The maximum atomic E-state index is 5.61. The van der Waals surface area contributed by atoms with Gasteiger partial charge in [0.25, 0.3) is 0 Å². The number of rotatable bonds is 6. The molecule has 17 heavy (non-hydrogen) atoms. The molecule has 1 aromatic heterocycles. The highest BCUT2D eigenvalue weighted by atomic mass is 79.9. The first-order valence-corrected chi connectivity index (χ1v) is 6.46. The molecule has 0 fully saturated rings. The van der Waals surface area contributed by atoms with Crippen molar-refractivity contribution in [1.82, 2.24) is 10.4 Å². The van der Waals surface area contributed by atoms with Crippen LogP contribution >= 0.6 is 15.9 Å². The molecule has 0 aliphatic heterocycles. The van der Waals surface area contributed by atoms with E-state index in [0.29, 0.717) is 5.92 Å². The quantitative estimate of drug-likeness (QED) is 0.622. The number of nitrogens with zero attached hydrogens (tertiary/aromatic N) is 1. The third kappa shape index (κ3) is 4.35. The highest BCUT2D eigenvalue weighted by molar-refractivity contribution is 9.10. The summed E-state index contributed by atoms with van der Waals surface area (Å²) in [5.74, 6) is 6.01. The lowest BCUT2D eigenvalue weighted by Gasteiger charge is -2.28. The Bertz CT molecular complexity index is 346. The molecule has 0 amide bonds. The molecule has 2 atom stereocenters. The molecule has 0 saturated heterocycles. The Balaban J connectivity index is 2.75. The Morgan fingerprint density at radius 3 is 2.65 bits per heavy atom. The average molecular weight is 302 g/mol. The Labute approximate surface area is 111 Å². The van der Waals surface area contributed by atoms with E-state index < -0.39 is 0 Å². The van der Waals surface area contributed by atoms with E-state index in [2.05, 4.69) is 40.2 Å². The predicted molar refractivity (Wildman–Crippen MR) is 72.4 cm³/mol. The summed E-state index contributed by atoms with van der Waals surface area (Å²) in [7, 11) is 1.72. The van der Waals surface area contributed by atoms with Gasteiger partial charge in [0.1, 0.15) is 0 Å². The summed E-state index contributed by atoms with van der Waals surface area (Å²) in [5.41, 5.74) is 3.96. The molecule has 0 saturated carbocycles. The highest BCUT2D eigenvalue weighted by Crippen LogP contribution is 2.16. The van der Waals surface area contributed by atoms with Crippen LogP contribution < -0.4 is 11.3 Å². The van der Waals surface area contributed by atoms with E-state index in [9.17, 15) is 0 Å². The molecule has 1 aromatic rings. The number of pyridine rings is 1. The van der Waals surface area contributed by atoms with Crippen molar-refractivity contribution in [3.63, 3.8) is 0 Å². The van der Waals surface area contributed by atoms with Crippen molar-refractivity contribution >= 4 is 15.9 Å². The van der Waals surface area contributed by atoms with Gasteiger partial charge in [0.05, 0.1) is 12.1 Å². The smallest absolute Gasteiger partial charge is 0.0763 e. The van der Waals surface area contributed by atoms with Crippen LogP contribution in [0, 0.1) is 5.92 Å². The lowest BCUT2D eigenvalue weighted by molar-refractivity contribution is 0.0332. The Hall–Kier alpha value is -0.490. The van der Waals surface area contributed by atoms with Crippen LogP contribution in [-0.4, -0.2) is 24.2 Å². The lowest BCUT2D eigenvalue weighted by Crippen LogP contribution is -2.48. The van der Waals surface area contributed by atoms with Crippen molar-refractivity contribution in [3.05, 3.63) is 28.5 Å². The molecular weight excluding hydrogens is 282 g/mol. The number of hydrogen-bond donors (Lipinski definition) is 2. The maximum absolute atomic E-state index is 5.61. The van der Waals surface area contributed by atoms with E-state index >= 15 is 0 Å². The minimum absolute atomic E-state index is 0.0797. The zero-order chi connectivity index (χ0) is 12.8. The fourth-order valence-electron chi connectivity index (χ4n) is 1.99. The molecule has 0 aliphatic rings. The van der Waals surface area contributed by atoms with E-state index in [1.54, 1.807) is 13.3 Å². The van der Waals surface area contributed by atoms with Crippen molar-refractivity contribution in [2.45, 2.75) is 32.4 Å². The molecule has 0 aromatic carbocycles. The first-order valence-electron chi connectivity index (χ1n) is 5.66. The topological polar surface area (TPSA) is 60.2 Å². The minimum atomic E-state index is 0.0797. The third-order valence-electron chi connectivity index (χ3n) is 2.76. The van der Waals surface area contributed by atoms with Crippen molar-refractivity contribution in [1.29, 1.82) is 0 Å². The second kappa shape index (κ2) is 7.06. The number of aromatic nitrogens is 1. The van der Waals surface area contributed by atoms with E-state index in [0.717, 1.165) is 16.5 Å². The van der Waals surface area contributed by atoms with Gasteiger partial charge in [-0.2, -0.15) is 0 Å². The predicted octanol–water partition coefficient (Wildman–Crippen LogP) is 1.89. The normalized spacial score (nSPS) is 14.9. The van der Waals surface area contributed by atoms with Crippen molar-refractivity contribution < 1.29 is 4.74 Å². The first kappa shape index (κ1) is 14.6. The van der Waals surface area contributed by atoms with Crippen LogP contribution in [0.25, 0.3) is 0 Å². The molecule has 4 nitrogen and oxygen atoms in total. The van der Waals surface area contributed by atoms with Crippen LogP contribution in [0.2, 0.25) is 0 Å². The summed E-state index contributed by atoms with van der Waals surface area (Å²) in [5, 5.41) is 0. The summed E-state index contributed by atoms with van der Waals surface area (Å²) in [6.07, 6.45) is 4.49. The Morgan fingerprint density at radius 1 is 1.47 bits per heavy atom. The Kier molecular flexibility index (Phi) is 6.05. The number of hydrazine groups is 1. The standard InChI is InChI=1S/C12H20BrN3O/c1-8(2)12(17-3)11(16-14)5-9-4-10(13)7-15-6-9/h4,6-8,11-12,16H,5,14H2,1-3H3. The molecule has 0 spiro atoms. The van der Waals surface area contributed by atoms with Gasteiger partial charge in [0.2, 0.25) is 0 Å². The van der Waals surface area contributed by atoms with Crippen LogP contribution in [0.1, 0.15) is 19.4 Å². The van der Waals surface area contributed by atoms with Gasteiger partial charge in [-0.15, -0.1) is 0 Å². The zero-order valence-electron chi connectivity index (χ0n) is 10.5. The molecule has 0 aliphatic carbocycles. The molecule has 2 unspecified atom stereocenters. The van der Waals surface area contributed by atoms with Crippen LogP contribution in [0.5, 0.6) is 0 Å². The third-order valence-corrected chi connectivity index (χ3v) is 3.19. The van der Waals surface area contributed by atoms with Gasteiger partial charge in [-0.05, 0) is 39.9 Å². The highest BCUT2D eigenvalue weighted by Gasteiger charge is 2.23. The van der Waals surface area contributed by atoms with Gasteiger partial charge in [0.15, 0.2) is 0 Å². The van der Waals surface area contributed by atoms with E-state index in [4.69, 9.17) is 10.6 Å². The van der Waals surface area contributed by atoms with Gasteiger partial charge in [0, 0.05) is 24.0 Å².